The largest absolute Gasteiger partial charge is 0.399 e. The van der Waals surface area contributed by atoms with Crippen molar-refractivity contribution in [2.45, 2.75) is 6.92 Å². The van der Waals surface area contributed by atoms with Crippen LogP contribution in [0, 0.1) is 6.92 Å². The van der Waals surface area contributed by atoms with Gasteiger partial charge in [-0.05, 0) is 42.3 Å². The van der Waals surface area contributed by atoms with Gasteiger partial charge >= 0.3 is 0 Å². The second kappa shape index (κ2) is 4.77. The van der Waals surface area contributed by atoms with Gasteiger partial charge in [0, 0.05) is 16.3 Å². The highest BCUT2D eigenvalue weighted by Crippen LogP contribution is 2.39. The summed E-state index contributed by atoms with van der Waals surface area (Å²) in [5.41, 5.74) is 9.21. The molecule has 0 saturated carbocycles. The van der Waals surface area contributed by atoms with E-state index in [4.69, 9.17) is 40.5 Å². The maximum atomic E-state index is 6.18. The minimum Gasteiger partial charge on any atom is -0.399 e. The molecule has 0 aliphatic rings. The quantitative estimate of drug-likeness (QED) is 0.716. The predicted molar refractivity (Wildman–Crippen MR) is 76.1 cm³/mol. The van der Waals surface area contributed by atoms with Crippen molar-refractivity contribution in [3.8, 4) is 11.1 Å². The minimum absolute atomic E-state index is 0.519. The molecule has 2 aromatic carbocycles. The number of halogens is 3. The van der Waals surface area contributed by atoms with Gasteiger partial charge in [-0.2, -0.15) is 0 Å². The first-order chi connectivity index (χ1) is 7.99. The van der Waals surface area contributed by atoms with Gasteiger partial charge in [-0.3, -0.25) is 0 Å². The Morgan fingerprint density at radius 3 is 2.12 bits per heavy atom. The molecular formula is C13H10Cl3N. The summed E-state index contributed by atoms with van der Waals surface area (Å²) in [6.45, 7) is 1.98. The predicted octanol–water partition coefficient (Wildman–Crippen LogP) is 5.20. The molecule has 4 heteroatoms. The molecule has 0 amide bonds. The molecule has 17 heavy (non-hydrogen) atoms. The number of hydrogen-bond acceptors (Lipinski definition) is 1. The van der Waals surface area contributed by atoms with Crippen molar-refractivity contribution in [3.63, 3.8) is 0 Å². The SMILES string of the molecule is Cc1ccc(N)cc1-c1c(Cl)cc(Cl)cc1Cl. The fraction of sp³-hybridized carbons (Fsp3) is 0.0769. The summed E-state index contributed by atoms with van der Waals surface area (Å²) in [5.74, 6) is 0. The average molecular weight is 287 g/mol. The fourth-order valence-electron chi connectivity index (χ4n) is 1.71. The van der Waals surface area contributed by atoms with Gasteiger partial charge in [-0.1, -0.05) is 40.9 Å². The Hall–Kier alpha value is -0.890. The molecule has 2 rings (SSSR count). The minimum atomic E-state index is 0.519. The number of hydrogen-bond donors (Lipinski definition) is 1. The molecule has 0 unspecified atom stereocenters. The molecule has 1 nitrogen and oxygen atoms in total. The summed E-state index contributed by atoms with van der Waals surface area (Å²) in [5, 5.41) is 1.57. The lowest BCUT2D eigenvalue weighted by Gasteiger charge is -2.11. The van der Waals surface area contributed by atoms with Crippen molar-refractivity contribution in [2.75, 3.05) is 5.73 Å². The van der Waals surface area contributed by atoms with Crippen LogP contribution in [0.15, 0.2) is 30.3 Å². The van der Waals surface area contributed by atoms with E-state index in [1.165, 1.54) is 0 Å². The van der Waals surface area contributed by atoms with Crippen molar-refractivity contribution < 1.29 is 0 Å². The molecule has 0 atom stereocenters. The molecule has 2 aromatic rings. The van der Waals surface area contributed by atoms with Crippen molar-refractivity contribution in [1.82, 2.24) is 0 Å². The molecule has 0 bridgehead atoms. The number of nitrogens with two attached hydrogens (primary N) is 1. The van der Waals surface area contributed by atoms with Gasteiger partial charge in [0.15, 0.2) is 0 Å². The zero-order valence-corrected chi connectivity index (χ0v) is 11.4. The summed E-state index contributed by atoms with van der Waals surface area (Å²) in [7, 11) is 0. The van der Waals surface area contributed by atoms with Crippen LogP contribution < -0.4 is 5.73 Å². The monoisotopic (exact) mass is 285 g/mol. The molecular weight excluding hydrogens is 277 g/mol. The number of nitrogen functional groups attached to an aromatic ring is 1. The van der Waals surface area contributed by atoms with Crippen molar-refractivity contribution in [1.29, 1.82) is 0 Å². The number of aryl methyl sites for hydroxylation is 1. The summed E-state index contributed by atoms with van der Waals surface area (Å²) >= 11 is 18.3. The van der Waals surface area contributed by atoms with Crippen LogP contribution in [0.25, 0.3) is 11.1 Å². The van der Waals surface area contributed by atoms with Crippen molar-refractivity contribution in [3.05, 3.63) is 51.0 Å². The third-order valence-electron chi connectivity index (χ3n) is 2.54. The first kappa shape index (κ1) is 12.6. The van der Waals surface area contributed by atoms with Crippen molar-refractivity contribution >= 4 is 40.5 Å². The summed E-state index contributed by atoms with van der Waals surface area (Å²) < 4.78 is 0. The van der Waals surface area contributed by atoms with Crippen LogP contribution in [0.5, 0.6) is 0 Å². The number of rotatable bonds is 1. The second-order valence-corrected chi connectivity index (χ2v) is 5.07. The van der Waals surface area contributed by atoms with E-state index in [0.29, 0.717) is 20.8 Å². The number of anilines is 1. The van der Waals surface area contributed by atoms with Gasteiger partial charge < -0.3 is 5.73 Å². The molecule has 0 radical (unpaired) electrons. The zero-order chi connectivity index (χ0) is 12.6. The summed E-state index contributed by atoms with van der Waals surface area (Å²) in [6.07, 6.45) is 0. The Balaban J connectivity index is 2.72. The maximum absolute atomic E-state index is 6.18. The lowest BCUT2D eigenvalue weighted by Crippen LogP contribution is -1.90. The summed E-state index contributed by atoms with van der Waals surface area (Å²) in [4.78, 5) is 0. The summed E-state index contributed by atoms with van der Waals surface area (Å²) in [6, 6.07) is 8.98. The number of benzene rings is 2. The highest BCUT2D eigenvalue weighted by atomic mass is 35.5. The smallest absolute Gasteiger partial charge is 0.0514 e. The Morgan fingerprint density at radius 2 is 1.53 bits per heavy atom. The lowest BCUT2D eigenvalue weighted by molar-refractivity contribution is 1.46. The van der Waals surface area contributed by atoms with E-state index in [2.05, 4.69) is 0 Å². The fourth-order valence-corrected chi connectivity index (χ4v) is 2.73. The molecule has 0 saturated heterocycles. The highest BCUT2D eigenvalue weighted by Gasteiger charge is 2.12. The Morgan fingerprint density at radius 1 is 0.941 bits per heavy atom. The molecule has 0 spiro atoms. The molecule has 88 valence electrons. The van der Waals surface area contributed by atoms with Crippen LogP contribution in [0.1, 0.15) is 5.56 Å². The van der Waals surface area contributed by atoms with Gasteiger partial charge in [0.25, 0.3) is 0 Å². The van der Waals surface area contributed by atoms with Gasteiger partial charge in [0.05, 0.1) is 10.0 Å². The molecule has 0 aliphatic heterocycles. The van der Waals surface area contributed by atoms with Crippen LogP contribution in [0.2, 0.25) is 15.1 Å². The average Bonchev–Trinajstić information content (AvgIpc) is 2.21. The first-order valence-electron chi connectivity index (χ1n) is 5.00. The Kier molecular flexibility index (Phi) is 3.53. The van der Waals surface area contributed by atoms with Crippen LogP contribution in [-0.2, 0) is 0 Å². The topological polar surface area (TPSA) is 26.0 Å². The van der Waals surface area contributed by atoms with E-state index in [0.717, 1.165) is 16.7 Å². The highest BCUT2D eigenvalue weighted by molar-refractivity contribution is 6.41. The third-order valence-corrected chi connectivity index (χ3v) is 3.35. The Labute approximate surface area is 115 Å². The molecule has 0 fully saturated rings. The second-order valence-electron chi connectivity index (χ2n) is 3.82. The first-order valence-corrected chi connectivity index (χ1v) is 6.13. The van der Waals surface area contributed by atoms with Crippen LogP contribution in [0.4, 0.5) is 5.69 Å². The van der Waals surface area contributed by atoms with Gasteiger partial charge in [0.1, 0.15) is 0 Å². The van der Waals surface area contributed by atoms with Crippen LogP contribution in [-0.4, -0.2) is 0 Å². The zero-order valence-electron chi connectivity index (χ0n) is 9.10. The van der Waals surface area contributed by atoms with Crippen molar-refractivity contribution in [2.24, 2.45) is 0 Å². The van der Waals surface area contributed by atoms with Crippen LogP contribution >= 0.6 is 34.8 Å². The van der Waals surface area contributed by atoms with Gasteiger partial charge in [-0.15, -0.1) is 0 Å². The van der Waals surface area contributed by atoms with Crippen LogP contribution in [0.3, 0.4) is 0 Å². The third kappa shape index (κ3) is 2.52. The van der Waals surface area contributed by atoms with E-state index in [-0.39, 0.29) is 0 Å². The molecule has 2 N–H and O–H groups in total. The van der Waals surface area contributed by atoms with E-state index in [9.17, 15) is 0 Å². The van der Waals surface area contributed by atoms with E-state index in [1.54, 1.807) is 12.1 Å². The normalized spacial score (nSPS) is 10.6. The standard InChI is InChI=1S/C13H10Cl3N/c1-7-2-3-9(17)6-10(7)13-11(15)4-8(14)5-12(13)16/h2-6H,17H2,1H3. The molecule has 0 aliphatic carbocycles. The molecule has 0 aromatic heterocycles. The van der Waals surface area contributed by atoms with E-state index in [1.807, 2.05) is 25.1 Å². The van der Waals surface area contributed by atoms with E-state index < -0.39 is 0 Å². The molecule has 0 heterocycles. The Bertz CT molecular complexity index is 556. The van der Waals surface area contributed by atoms with Gasteiger partial charge in [-0.25, -0.2) is 0 Å². The lowest BCUT2D eigenvalue weighted by atomic mass is 10.00. The van der Waals surface area contributed by atoms with E-state index >= 15 is 0 Å². The maximum Gasteiger partial charge on any atom is 0.0514 e. The van der Waals surface area contributed by atoms with Gasteiger partial charge in [0.2, 0.25) is 0 Å².